The fraction of sp³-hybridized carbons (Fsp3) is 0.133. The van der Waals surface area contributed by atoms with Gasteiger partial charge >= 0.3 is 0 Å². The third kappa shape index (κ3) is 2.19. The molecule has 0 aliphatic carbocycles. The highest BCUT2D eigenvalue weighted by molar-refractivity contribution is 5.57. The van der Waals surface area contributed by atoms with Crippen molar-refractivity contribution in [2.75, 3.05) is 5.32 Å². The summed E-state index contributed by atoms with van der Waals surface area (Å²) in [5, 5.41) is 16.5. The van der Waals surface area contributed by atoms with Crippen LogP contribution in [0.25, 0.3) is 5.65 Å². The monoisotopic (exact) mass is 263 g/mol. The van der Waals surface area contributed by atoms with Crippen LogP contribution in [-0.2, 0) is 6.54 Å². The van der Waals surface area contributed by atoms with Crippen molar-refractivity contribution in [3.8, 4) is 6.07 Å². The Kier molecular flexibility index (Phi) is 3.05. The van der Waals surface area contributed by atoms with Crippen molar-refractivity contribution >= 4 is 11.5 Å². The van der Waals surface area contributed by atoms with Gasteiger partial charge in [-0.3, -0.25) is 0 Å². The number of nitrogens with one attached hydrogen (secondary N) is 1. The molecule has 0 fully saturated rings. The van der Waals surface area contributed by atoms with Gasteiger partial charge in [-0.05, 0) is 18.6 Å². The van der Waals surface area contributed by atoms with E-state index in [9.17, 15) is 0 Å². The van der Waals surface area contributed by atoms with Crippen molar-refractivity contribution in [3.63, 3.8) is 0 Å². The fourth-order valence-electron chi connectivity index (χ4n) is 2.00. The van der Waals surface area contributed by atoms with E-state index in [1.807, 2.05) is 6.07 Å². The zero-order valence-electron chi connectivity index (χ0n) is 11.0. The first-order chi connectivity index (χ1) is 9.78. The Hall–Kier alpha value is -2.87. The van der Waals surface area contributed by atoms with Gasteiger partial charge in [-0.2, -0.15) is 14.9 Å². The molecule has 20 heavy (non-hydrogen) atoms. The Morgan fingerprint density at radius 1 is 1.25 bits per heavy atom. The van der Waals surface area contributed by atoms with Crippen LogP contribution in [0.3, 0.4) is 0 Å². The predicted molar refractivity (Wildman–Crippen MR) is 76.2 cm³/mol. The summed E-state index contributed by atoms with van der Waals surface area (Å²) in [7, 11) is 0. The van der Waals surface area contributed by atoms with E-state index in [0.717, 1.165) is 5.82 Å². The highest BCUT2D eigenvalue weighted by Gasteiger charge is 2.07. The average Bonchev–Trinajstić information content (AvgIpc) is 2.90. The number of nitriles is 1. The molecule has 2 aromatic heterocycles. The number of hydrogen-bond acceptors (Lipinski definition) is 4. The molecule has 3 rings (SSSR count). The number of aromatic nitrogens is 3. The minimum atomic E-state index is 0.476. The van der Waals surface area contributed by atoms with Crippen LogP contribution in [0.15, 0.2) is 42.7 Å². The summed E-state index contributed by atoms with van der Waals surface area (Å²) in [5.41, 5.74) is 3.48. The van der Waals surface area contributed by atoms with Crippen molar-refractivity contribution in [3.05, 3.63) is 59.4 Å². The van der Waals surface area contributed by atoms with Gasteiger partial charge in [-0.15, -0.1) is 0 Å². The minimum absolute atomic E-state index is 0.476. The molecule has 0 aliphatic heterocycles. The second kappa shape index (κ2) is 5.02. The Balaban J connectivity index is 1.86. The molecular formula is C15H13N5. The Bertz CT molecular complexity index is 780. The second-order valence-corrected chi connectivity index (χ2v) is 4.57. The predicted octanol–water partition coefficient (Wildman–Crippen LogP) is 2.52. The van der Waals surface area contributed by atoms with E-state index in [-0.39, 0.29) is 0 Å². The molecule has 3 aromatic rings. The normalized spacial score (nSPS) is 10.4. The zero-order chi connectivity index (χ0) is 13.9. The summed E-state index contributed by atoms with van der Waals surface area (Å²) in [5.74, 6) is 0.817. The van der Waals surface area contributed by atoms with Crippen LogP contribution in [0.1, 0.15) is 16.7 Å². The van der Waals surface area contributed by atoms with E-state index in [1.54, 1.807) is 10.7 Å². The van der Waals surface area contributed by atoms with Gasteiger partial charge in [-0.25, -0.2) is 4.98 Å². The first-order valence-electron chi connectivity index (χ1n) is 6.30. The van der Waals surface area contributed by atoms with E-state index in [4.69, 9.17) is 5.26 Å². The largest absolute Gasteiger partial charge is 0.366 e. The summed E-state index contributed by atoms with van der Waals surface area (Å²) >= 11 is 0. The van der Waals surface area contributed by atoms with E-state index in [1.165, 1.54) is 17.3 Å². The molecule has 0 radical (unpaired) electrons. The van der Waals surface area contributed by atoms with Crippen molar-refractivity contribution < 1.29 is 0 Å². The number of anilines is 1. The fourth-order valence-corrected chi connectivity index (χ4v) is 2.00. The standard InChI is InChI=1S/C15H13N5/c1-11-2-4-12(5-3-11)9-18-14-6-7-17-15-13(8-16)10-19-20(14)15/h2-7,10,18H,9H2,1H3. The van der Waals surface area contributed by atoms with Crippen LogP contribution in [0, 0.1) is 18.3 Å². The number of aryl methyl sites for hydroxylation is 1. The molecule has 5 heteroatoms. The maximum Gasteiger partial charge on any atom is 0.175 e. The lowest BCUT2D eigenvalue weighted by Crippen LogP contribution is -2.05. The Labute approximate surface area is 116 Å². The molecule has 0 unspecified atom stereocenters. The smallest absolute Gasteiger partial charge is 0.175 e. The van der Waals surface area contributed by atoms with Gasteiger partial charge in [0.1, 0.15) is 17.5 Å². The van der Waals surface area contributed by atoms with Gasteiger partial charge in [0.25, 0.3) is 0 Å². The maximum absolute atomic E-state index is 8.99. The molecule has 0 spiro atoms. The minimum Gasteiger partial charge on any atom is -0.366 e. The van der Waals surface area contributed by atoms with Gasteiger partial charge in [0.2, 0.25) is 0 Å². The Morgan fingerprint density at radius 2 is 2.05 bits per heavy atom. The molecular weight excluding hydrogens is 250 g/mol. The summed E-state index contributed by atoms with van der Waals surface area (Å²) < 4.78 is 1.65. The number of nitrogens with zero attached hydrogens (tertiary/aromatic N) is 4. The quantitative estimate of drug-likeness (QED) is 0.788. The number of fused-ring (bicyclic) bond motifs is 1. The summed E-state index contributed by atoms with van der Waals surface area (Å²) in [4.78, 5) is 4.18. The highest BCUT2D eigenvalue weighted by atomic mass is 15.3. The van der Waals surface area contributed by atoms with E-state index < -0.39 is 0 Å². The van der Waals surface area contributed by atoms with Crippen LogP contribution in [0.4, 0.5) is 5.82 Å². The second-order valence-electron chi connectivity index (χ2n) is 4.57. The SMILES string of the molecule is Cc1ccc(CNc2ccnc3c(C#N)cnn23)cc1. The lowest BCUT2D eigenvalue weighted by molar-refractivity contribution is 0.925. The van der Waals surface area contributed by atoms with Gasteiger partial charge < -0.3 is 5.32 Å². The molecule has 0 bridgehead atoms. The molecule has 5 nitrogen and oxygen atoms in total. The third-order valence-electron chi connectivity index (χ3n) is 3.12. The first-order valence-corrected chi connectivity index (χ1v) is 6.30. The van der Waals surface area contributed by atoms with Crippen LogP contribution in [0.5, 0.6) is 0 Å². The van der Waals surface area contributed by atoms with E-state index in [2.05, 4.69) is 52.7 Å². The average molecular weight is 263 g/mol. The third-order valence-corrected chi connectivity index (χ3v) is 3.12. The molecule has 0 saturated heterocycles. The van der Waals surface area contributed by atoms with Crippen molar-refractivity contribution in [1.29, 1.82) is 5.26 Å². The molecule has 1 N–H and O–H groups in total. The topological polar surface area (TPSA) is 66.0 Å². The number of hydrogen-bond donors (Lipinski definition) is 1. The lowest BCUT2D eigenvalue weighted by Gasteiger charge is -2.08. The molecule has 2 heterocycles. The van der Waals surface area contributed by atoms with E-state index >= 15 is 0 Å². The molecule has 98 valence electrons. The van der Waals surface area contributed by atoms with Crippen molar-refractivity contribution in [2.45, 2.75) is 13.5 Å². The van der Waals surface area contributed by atoms with Gasteiger partial charge in [-0.1, -0.05) is 29.8 Å². The van der Waals surface area contributed by atoms with Crippen LogP contribution >= 0.6 is 0 Å². The van der Waals surface area contributed by atoms with Crippen LogP contribution in [-0.4, -0.2) is 14.6 Å². The molecule has 0 amide bonds. The summed E-state index contributed by atoms with van der Waals surface area (Å²) in [6.07, 6.45) is 3.20. The summed E-state index contributed by atoms with van der Waals surface area (Å²) in [6, 6.07) is 12.3. The summed E-state index contributed by atoms with van der Waals surface area (Å²) in [6.45, 7) is 2.76. The molecule has 0 saturated carbocycles. The van der Waals surface area contributed by atoms with Gasteiger partial charge in [0.05, 0.1) is 6.20 Å². The van der Waals surface area contributed by atoms with Crippen molar-refractivity contribution in [2.24, 2.45) is 0 Å². The molecule has 1 aromatic carbocycles. The van der Waals surface area contributed by atoms with Gasteiger partial charge in [0.15, 0.2) is 5.65 Å². The van der Waals surface area contributed by atoms with Crippen LogP contribution in [0.2, 0.25) is 0 Å². The lowest BCUT2D eigenvalue weighted by atomic mass is 10.1. The zero-order valence-corrected chi connectivity index (χ0v) is 11.0. The first kappa shape index (κ1) is 12.2. The Morgan fingerprint density at radius 3 is 2.80 bits per heavy atom. The van der Waals surface area contributed by atoms with Crippen molar-refractivity contribution in [1.82, 2.24) is 14.6 Å². The van der Waals surface area contributed by atoms with E-state index in [0.29, 0.717) is 17.8 Å². The van der Waals surface area contributed by atoms with Gasteiger partial charge in [0, 0.05) is 12.7 Å². The number of rotatable bonds is 3. The highest BCUT2D eigenvalue weighted by Crippen LogP contribution is 2.14. The maximum atomic E-state index is 8.99. The molecule has 0 aliphatic rings. The molecule has 0 atom stereocenters. The number of benzene rings is 1. The van der Waals surface area contributed by atoms with Crippen LogP contribution < -0.4 is 5.32 Å².